The van der Waals surface area contributed by atoms with Crippen LogP contribution in [0.5, 0.6) is 0 Å². The fraction of sp³-hybridized carbons (Fsp3) is 0.938. The van der Waals surface area contributed by atoms with Gasteiger partial charge in [-0.15, -0.1) is 0 Å². The zero-order valence-electron chi connectivity index (χ0n) is 25.5. The van der Waals surface area contributed by atoms with E-state index in [1.54, 1.807) is 6.92 Å². The molecule has 9 nitrogen and oxygen atoms in total. The van der Waals surface area contributed by atoms with Crippen molar-refractivity contribution in [2.24, 2.45) is 5.92 Å². The molecule has 7 aliphatic heterocycles. The lowest BCUT2D eigenvalue weighted by atomic mass is 9.74. The molecule has 6 saturated heterocycles. The Morgan fingerprint density at radius 1 is 0.829 bits per heavy atom. The second-order valence-electron chi connectivity index (χ2n) is 15.1. The Balaban J connectivity index is 1.11. The lowest BCUT2D eigenvalue weighted by Crippen LogP contribution is -2.69. The second-order valence-corrected chi connectivity index (χ2v) is 15.1. The molecule has 0 aliphatic carbocycles. The van der Waals surface area contributed by atoms with E-state index in [4.69, 9.17) is 33.2 Å². The topological polar surface area (TPSA) is 105 Å². The molecule has 0 radical (unpaired) electrons. The summed E-state index contributed by atoms with van der Waals surface area (Å²) >= 11 is 0. The third kappa shape index (κ3) is 4.68. The van der Waals surface area contributed by atoms with Gasteiger partial charge in [-0.05, 0) is 65.4 Å². The molecule has 2 N–H and O–H groups in total. The fourth-order valence-corrected chi connectivity index (χ4v) is 9.04. The van der Waals surface area contributed by atoms with Gasteiger partial charge in [0.15, 0.2) is 0 Å². The van der Waals surface area contributed by atoms with Crippen LogP contribution >= 0.6 is 0 Å². The maximum absolute atomic E-state index is 10.8. The summed E-state index contributed by atoms with van der Waals surface area (Å²) in [5.74, 6) is 0.236. The lowest BCUT2D eigenvalue weighted by molar-refractivity contribution is -0.342. The molecular weight excluding hydrogens is 528 g/mol. The van der Waals surface area contributed by atoms with Gasteiger partial charge in [0.25, 0.3) is 0 Å². The molecule has 15 atom stereocenters. The first-order chi connectivity index (χ1) is 19.3. The van der Waals surface area contributed by atoms with Crippen molar-refractivity contribution < 1.29 is 43.4 Å². The third-order valence-corrected chi connectivity index (χ3v) is 11.8. The van der Waals surface area contributed by atoms with E-state index < -0.39 is 28.5 Å². The normalized spacial score (nSPS) is 58.6. The first kappa shape index (κ1) is 29.1. The van der Waals surface area contributed by atoms with Crippen LogP contribution in [0.3, 0.4) is 0 Å². The highest BCUT2D eigenvalue weighted by atomic mass is 16.6. The molecule has 0 saturated carbocycles. The highest BCUT2D eigenvalue weighted by Crippen LogP contribution is 2.52. The minimum absolute atomic E-state index is 0.00955. The van der Waals surface area contributed by atoms with Crippen LogP contribution in [0.15, 0.2) is 11.6 Å². The molecule has 0 spiro atoms. The zero-order valence-corrected chi connectivity index (χ0v) is 25.5. The molecule has 7 rings (SSSR count). The summed E-state index contributed by atoms with van der Waals surface area (Å²) in [7, 11) is 0. The number of ether oxygens (including phenoxy) is 7. The molecule has 0 bridgehead atoms. The summed E-state index contributed by atoms with van der Waals surface area (Å²) in [6, 6.07) is 0. The van der Waals surface area contributed by atoms with Crippen LogP contribution in [-0.2, 0) is 33.2 Å². The average Bonchev–Trinajstić information content (AvgIpc) is 3.11. The largest absolute Gasteiger partial charge is 0.393 e. The summed E-state index contributed by atoms with van der Waals surface area (Å²) < 4.78 is 46.9. The number of rotatable bonds is 1. The second kappa shape index (κ2) is 9.94. The van der Waals surface area contributed by atoms with Gasteiger partial charge in [0.2, 0.25) is 0 Å². The van der Waals surface area contributed by atoms with Gasteiger partial charge in [0, 0.05) is 25.7 Å². The monoisotopic (exact) mass is 578 g/mol. The predicted molar refractivity (Wildman–Crippen MR) is 149 cm³/mol. The van der Waals surface area contributed by atoms with E-state index >= 15 is 0 Å². The Hall–Kier alpha value is -0.620. The van der Waals surface area contributed by atoms with E-state index in [1.165, 1.54) is 5.57 Å². The quantitative estimate of drug-likeness (QED) is 0.454. The average molecular weight is 579 g/mol. The van der Waals surface area contributed by atoms with Gasteiger partial charge in [-0.1, -0.05) is 13.0 Å². The highest BCUT2D eigenvalue weighted by Gasteiger charge is 2.62. The molecule has 41 heavy (non-hydrogen) atoms. The van der Waals surface area contributed by atoms with Crippen LogP contribution in [-0.4, -0.2) is 107 Å². The maximum Gasteiger partial charge on any atom is 0.115 e. The van der Waals surface area contributed by atoms with Gasteiger partial charge in [-0.3, -0.25) is 0 Å². The molecule has 0 aromatic rings. The number of aliphatic hydroxyl groups is 2. The SMILES string of the molecule is CC1=CCO[C@H]2C[C@H]3O[C@H]4C[C@@H](C)[C@H]5O[C@H]6C[C@H]7O[C@@](C)(CO)[C@H](O)C[C@]7(C)O[C@]6(C)CC[C@@H]5O[C@@H]4C[C@]3(C)O[C@H]12. The molecule has 0 amide bonds. The van der Waals surface area contributed by atoms with E-state index in [1.807, 2.05) is 6.92 Å². The minimum atomic E-state index is -1.01. The third-order valence-electron chi connectivity index (χ3n) is 11.8. The number of hydrogen-bond donors (Lipinski definition) is 2. The van der Waals surface area contributed by atoms with Crippen molar-refractivity contribution in [1.82, 2.24) is 0 Å². The van der Waals surface area contributed by atoms with Gasteiger partial charge < -0.3 is 43.4 Å². The molecule has 9 heteroatoms. The van der Waals surface area contributed by atoms with E-state index in [-0.39, 0.29) is 67.5 Å². The number of hydrogen-bond acceptors (Lipinski definition) is 9. The summed E-state index contributed by atoms with van der Waals surface area (Å²) in [6.45, 7) is 12.9. The molecule has 0 aromatic carbocycles. The van der Waals surface area contributed by atoms with Crippen LogP contribution < -0.4 is 0 Å². The smallest absolute Gasteiger partial charge is 0.115 e. The molecule has 0 unspecified atom stereocenters. The first-order valence-electron chi connectivity index (χ1n) is 15.9. The van der Waals surface area contributed by atoms with Crippen molar-refractivity contribution in [2.45, 2.75) is 170 Å². The van der Waals surface area contributed by atoms with E-state index in [2.05, 4.69) is 33.8 Å². The lowest BCUT2D eigenvalue weighted by Gasteiger charge is -2.58. The molecular formula is C32H50O9. The van der Waals surface area contributed by atoms with E-state index in [9.17, 15) is 10.2 Å². The molecule has 7 aliphatic rings. The summed E-state index contributed by atoms with van der Waals surface area (Å²) in [5.41, 5.74) is -1.37. The maximum atomic E-state index is 10.8. The van der Waals surface area contributed by atoms with Crippen molar-refractivity contribution >= 4 is 0 Å². The van der Waals surface area contributed by atoms with Crippen LogP contribution in [0.25, 0.3) is 0 Å². The Morgan fingerprint density at radius 2 is 1.61 bits per heavy atom. The Kier molecular flexibility index (Phi) is 7.06. The Morgan fingerprint density at radius 3 is 2.39 bits per heavy atom. The van der Waals surface area contributed by atoms with E-state index in [0.717, 1.165) is 32.1 Å². The van der Waals surface area contributed by atoms with Crippen molar-refractivity contribution in [2.75, 3.05) is 13.2 Å². The van der Waals surface area contributed by atoms with Crippen molar-refractivity contribution in [1.29, 1.82) is 0 Å². The summed E-state index contributed by atoms with van der Waals surface area (Å²) in [6.07, 6.45) is 5.78. The minimum Gasteiger partial charge on any atom is -0.393 e. The van der Waals surface area contributed by atoms with Gasteiger partial charge in [-0.2, -0.15) is 0 Å². The zero-order chi connectivity index (χ0) is 28.9. The Bertz CT molecular complexity index is 1050. The summed E-state index contributed by atoms with van der Waals surface area (Å²) in [4.78, 5) is 0. The molecule has 0 aromatic heterocycles. The van der Waals surface area contributed by atoms with Crippen molar-refractivity contribution in [3.8, 4) is 0 Å². The molecule has 7 heterocycles. The molecule has 232 valence electrons. The van der Waals surface area contributed by atoms with Crippen LogP contribution in [0.2, 0.25) is 0 Å². The van der Waals surface area contributed by atoms with Crippen LogP contribution in [0.1, 0.15) is 86.5 Å². The standard InChI is InChI=1S/C32H50O9/c1-17-8-10-35-21-12-24-30(4,40-28(17)21)14-22-20(37-24)11-18(2)27-19(36-22)7-9-29(3)25(38-27)13-26-31(5,41-29)15-23(34)32(6,16-33)39-26/h8,18-28,33-34H,7,9-16H2,1-6H3/t18-,19+,20+,21+,22-,23-,24-,25+,26-,27-,28-,29-,30+,31+,32+/m1/s1. The van der Waals surface area contributed by atoms with Crippen molar-refractivity contribution in [3.05, 3.63) is 11.6 Å². The predicted octanol–water partition coefficient (Wildman–Crippen LogP) is 3.22. The fourth-order valence-electron chi connectivity index (χ4n) is 9.04. The van der Waals surface area contributed by atoms with Crippen LogP contribution in [0, 0.1) is 5.92 Å². The number of fused-ring (bicyclic) bond motifs is 6. The Labute approximate surface area is 244 Å². The van der Waals surface area contributed by atoms with Gasteiger partial charge in [0.05, 0.1) is 85.0 Å². The summed E-state index contributed by atoms with van der Waals surface area (Å²) in [5, 5.41) is 20.9. The van der Waals surface area contributed by atoms with Crippen molar-refractivity contribution in [3.63, 3.8) is 0 Å². The van der Waals surface area contributed by atoms with Crippen LogP contribution in [0.4, 0.5) is 0 Å². The van der Waals surface area contributed by atoms with E-state index in [0.29, 0.717) is 19.4 Å². The molecule has 6 fully saturated rings. The first-order valence-corrected chi connectivity index (χ1v) is 15.9. The van der Waals surface area contributed by atoms with Gasteiger partial charge in [0.1, 0.15) is 11.7 Å². The number of aliphatic hydroxyl groups excluding tert-OH is 2. The van der Waals surface area contributed by atoms with Gasteiger partial charge >= 0.3 is 0 Å². The highest BCUT2D eigenvalue weighted by molar-refractivity contribution is 5.16. The van der Waals surface area contributed by atoms with Gasteiger partial charge in [-0.25, -0.2) is 0 Å².